The van der Waals surface area contributed by atoms with E-state index in [1.807, 2.05) is 13.8 Å². The number of rotatable bonds is 6. The number of hydrogen-bond donors (Lipinski definition) is 2. The molecule has 0 saturated heterocycles. The van der Waals surface area contributed by atoms with E-state index >= 15 is 0 Å². The van der Waals surface area contributed by atoms with Gasteiger partial charge in [-0.15, -0.1) is 0 Å². The van der Waals surface area contributed by atoms with Gasteiger partial charge in [0.2, 0.25) is 0 Å². The van der Waals surface area contributed by atoms with E-state index in [4.69, 9.17) is 10.6 Å². The smallest absolute Gasteiger partial charge is 0.257 e. The third-order valence-electron chi connectivity index (χ3n) is 2.75. The van der Waals surface area contributed by atoms with Gasteiger partial charge in [0.25, 0.3) is 5.91 Å². The molecule has 0 saturated carbocycles. The number of nitrogen functional groups attached to an aromatic ring is 1. The van der Waals surface area contributed by atoms with Crippen LogP contribution < -0.4 is 11.3 Å². The van der Waals surface area contributed by atoms with Crippen LogP contribution in [0.3, 0.4) is 0 Å². The van der Waals surface area contributed by atoms with E-state index in [-0.39, 0.29) is 11.9 Å². The molecule has 0 aliphatic heterocycles. The molecule has 0 spiro atoms. The molecule has 0 fully saturated rings. The first-order chi connectivity index (χ1) is 8.65. The van der Waals surface area contributed by atoms with E-state index in [9.17, 15) is 4.79 Å². The Morgan fingerprint density at radius 2 is 2.39 bits per heavy atom. The summed E-state index contributed by atoms with van der Waals surface area (Å²) >= 11 is 0. The zero-order chi connectivity index (χ0) is 13.5. The summed E-state index contributed by atoms with van der Waals surface area (Å²) in [5, 5.41) is 0. The SMILES string of the molecule is CCN(C(=O)c1cnccc1NN)C(C)COC. The molecule has 1 unspecified atom stereocenters. The lowest BCUT2D eigenvalue weighted by Crippen LogP contribution is -2.41. The van der Waals surface area contributed by atoms with Crippen LogP contribution in [0.1, 0.15) is 24.2 Å². The van der Waals surface area contributed by atoms with Crippen molar-refractivity contribution in [2.75, 3.05) is 25.7 Å². The minimum atomic E-state index is -0.108. The number of carbonyl (C=O) groups is 1. The van der Waals surface area contributed by atoms with Crippen molar-refractivity contribution in [3.05, 3.63) is 24.0 Å². The van der Waals surface area contributed by atoms with Gasteiger partial charge < -0.3 is 15.1 Å². The topological polar surface area (TPSA) is 80.5 Å². The van der Waals surface area contributed by atoms with Crippen LogP contribution in [0.15, 0.2) is 18.5 Å². The van der Waals surface area contributed by atoms with Gasteiger partial charge in [-0.05, 0) is 19.9 Å². The first kappa shape index (κ1) is 14.4. The van der Waals surface area contributed by atoms with Gasteiger partial charge in [-0.3, -0.25) is 15.6 Å². The highest BCUT2D eigenvalue weighted by atomic mass is 16.5. The van der Waals surface area contributed by atoms with E-state index in [1.54, 1.807) is 24.3 Å². The molecule has 3 N–H and O–H groups in total. The highest BCUT2D eigenvalue weighted by Gasteiger charge is 2.22. The second-order valence-electron chi connectivity index (χ2n) is 3.96. The predicted molar refractivity (Wildman–Crippen MR) is 70.1 cm³/mol. The van der Waals surface area contributed by atoms with Crippen molar-refractivity contribution < 1.29 is 9.53 Å². The Morgan fingerprint density at radius 1 is 1.67 bits per heavy atom. The second kappa shape index (κ2) is 6.93. The molecule has 0 aliphatic carbocycles. The van der Waals surface area contributed by atoms with E-state index in [0.29, 0.717) is 24.4 Å². The summed E-state index contributed by atoms with van der Waals surface area (Å²) in [6.45, 7) is 4.96. The number of nitrogens with zero attached hydrogens (tertiary/aromatic N) is 2. The maximum Gasteiger partial charge on any atom is 0.257 e. The average molecular weight is 252 g/mol. The van der Waals surface area contributed by atoms with Gasteiger partial charge in [-0.1, -0.05) is 0 Å². The maximum atomic E-state index is 12.4. The summed E-state index contributed by atoms with van der Waals surface area (Å²) in [5.41, 5.74) is 3.54. The van der Waals surface area contributed by atoms with Crippen molar-refractivity contribution in [3.63, 3.8) is 0 Å². The van der Waals surface area contributed by atoms with Gasteiger partial charge >= 0.3 is 0 Å². The summed E-state index contributed by atoms with van der Waals surface area (Å²) in [4.78, 5) is 18.1. The summed E-state index contributed by atoms with van der Waals surface area (Å²) in [6, 6.07) is 1.67. The highest BCUT2D eigenvalue weighted by molar-refractivity contribution is 5.99. The van der Waals surface area contributed by atoms with Crippen molar-refractivity contribution >= 4 is 11.6 Å². The zero-order valence-electron chi connectivity index (χ0n) is 11.0. The number of ether oxygens (including phenoxy) is 1. The predicted octanol–water partition coefficient (Wildman–Crippen LogP) is 0.864. The van der Waals surface area contributed by atoms with Gasteiger partial charge in [0.05, 0.1) is 23.9 Å². The molecule has 1 amide bonds. The summed E-state index contributed by atoms with van der Waals surface area (Å²) in [7, 11) is 1.62. The fourth-order valence-electron chi connectivity index (χ4n) is 1.83. The first-order valence-electron chi connectivity index (χ1n) is 5.86. The molecule has 1 aromatic heterocycles. The van der Waals surface area contributed by atoms with Crippen molar-refractivity contribution in [1.82, 2.24) is 9.88 Å². The third kappa shape index (κ3) is 3.18. The maximum absolute atomic E-state index is 12.4. The van der Waals surface area contributed by atoms with Crippen molar-refractivity contribution in [2.24, 2.45) is 5.84 Å². The average Bonchev–Trinajstić information content (AvgIpc) is 2.39. The van der Waals surface area contributed by atoms with Gasteiger partial charge in [0, 0.05) is 26.0 Å². The van der Waals surface area contributed by atoms with Gasteiger partial charge in [0.15, 0.2) is 0 Å². The molecular formula is C12H20N4O2. The first-order valence-corrected chi connectivity index (χ1v) is 5.86. The number of methoxy groups -OCH3 is 1. The number of hydrazine groups is 1. The Kier molecular flexibility index (Phi) is 5.54. The largest absolute Gasteiger partial charge is 0.383 e. The van der Waals surface area contributed by atoms with E-state index in [1.165, 1.54) is 6.20 Å². The molecule has 1 atom stereocenters. The second-order valence-corrected chi connectivity index (χ2v) is 3.96. The van der Waals surface area contributed by atoms with Crippen LogP contribution in [0.4, 0.5) is 5.69 Å². The Labute approximate surface area is 107 Å². The van der Waals surface area contributed by atoms with Crippen LogP contribution in [0, 0.1) is 0 Å². The number of carbonyl (C=O) groups excluding carboxylic acids is 1. The molecule has 1 aromatic rings. The van der Waals surface area contributed by atoms with Crippen molar-refractivity contribution in [2.45, 2.75) is 19.9 Å². The summed E-state index contributed by atoms with van der Waals surface area (Å²) in [6.07, 6.45) is 3.10. The van der Waals surface area contributed by atoms with Gasteiger partial charge in [-0.25, -0.2) is 0 Å². The standard InChI is InChI=1S/C12H20N4O2/c1-4-16(9(2)8-18-3)12(17)10-7-14-6-5-11(10)15-13/h5-7,9H,4,8,13H2,1-3H3,(H,14,15). The molecule has 1 heterocycles. The minimum absolute atomic E-state index is 0.00155. The number of nitrogens with one attached hydrogen (secondary N) is 1. The lowest BCUT2D eigenvalue weighted by Gasteiger charge is -2.28. The Bertz CT molecular complexity index is 397. The Hall–Kier alpha value is -1.66. The van der Waals surface area contributed by atoms with Crippen molar-refractivity contribution in [3.8, 4) is 0 Å². The van der Waals surface area contributed by atoms with E-state index in [2.05, 4.69) is 10.4 Å². The molecule has 0 radical (unpaired) electrons. The number of nitrogens with two attached hydrogens (primary N) is 1. The quantitative estimate of drug-likeness (QED) is 0.580. The summed E-state index contributed by atoms with van der Waals surface area (Å²) < 4.78 is 5.08. The summed E-state index contributed by atoms with van der Waals surface area (Å²) in [5.74, 6) is 5.28. The highest BCUT2D eigenvalue weighted by Crippen LogP contribution is 2.16. The van der Waals surface area contributed by atoms with Crippen LogP contribution >= 0.6 is 0 Å². The number of aromatic nitrogens is 1. The minimum Gasteiger partial charge on any atom is -0.383 e. The molecule has 0 aromatic carbocycles. The molecule has 18 heavy (non-hydrogen) atoms. The number of hydrogen-bond acceptors (Lipinski definition) is 5. The number of anilines is 1. The van der Waals surface area contributed by atoms with E-state index < -0.39 is 0 Å². The normalized spacial score (nSPS) is 12.0. The van der Waals surface area contributed by atoms with Crippen LogP contribution in [-0.2, 0) is 4.74 Å². The third-order valence-corrected chi connectivity index (χ3v) is 2.75. The number of amides is 1. The van der Waals surface area contributed by atoms with Crippen LogP contribution in [0.2, 0.25) is 0 Å². The molecule has 6 nitrogen and oxygen atoms in total. The van der Waals surface area contributed by atoms with Gasteiger partial charge in [0.1, 0.15) is 0 Å². The lowest BCUT2D eigenvalue weighted by atomic mass is 10.2. The molecular weight excluding hydrogens is 232 g/mol. The number of likely N-dealkylation sites (N-methyl/N-ethyl adjacent to an activating group) is 1. The molecule has 1 rings (SSSR count). The van der Waals surface area contributed by atoms with Crippen LogP contribution in [0.25, 0.3) is 0 Å². The monoisotopic (exact) mass is 252 g/mol. The van der Waals surface area contributed by atoms with Crippen LogP contribution in [0.5, 0.6) is 0 Å². The van der Waals surface area contributed by atoms with Crippen molar-refractivity contribution in [1.29, 1.82) is 0 Å². The van der Waals surface area contributed by atoms with Gasteiger partial charge in [-0.2, -0.15) is 0 Å². The fourth-order valence-corrected chi connectivity index (χ4v) is 1.83. The van der Waals surface area contributed by atoms with E-state index in [0.717, 1.165) is 0 Å². The zero-order valence-corrected chi connectivity index (χ0v) is 11.0. The molecule has 0 bridgehead atoms. The molecule has 6 heteroatoms. The molecule has 0 aliphatic rings. The lowest BCUT2D eigenvalue weighted by molar-refractivity contribution is 0.0580. The Balaban J connectivity index is 2.96. The fraction of sp³-hybridized carbons (Fsp3) is 0.500. The molecule has 100 valence electrons. The number of pyridine rings is 1. The van der Waals surface area contributed by atoms with Crippen LogP contribution in [-0.4, -0.2) is 42.1 Å². The Morgan fingerprint density at radius 3 is 2.94 bits per heavy atom.